The predicted molar refractivity (Wildman–Crippen MR) is 34.7 cm³/mol. The van der Waals surface area contributed by atoms with E-state index in [1.165, 1.54) is 0 Å². The summed E-state index contributed by atoms with van der Waals surface area (Å²) in [5, 5.41) is 5.99. The summed E-state index contributed by atoms with van der Waals surface area (Å²) in [5.41, 5.74) is 0. The number of carbonyl (C=O) groups excluding carboxylic acids is 1. The zero-order valence-electron chi connectivity index (χ0n) is 5.59. The molecule has 0 radical (unpaired) electrons. The summed E-state index contributed by atoms with van der Waals surface area (Å²) in [6, 6.07) is 0.670. The quantitative estimate of drug-likeness (QED) is 0.477. The summed E-state index contributed by atoms with van der Waals surface area (Å²) in [6.07, 6.45) is 0.736. The van der Waals surface area contributed by atoms with Crippen LogP contribution in [0.1, 0.15) is 6.42 Å². The van der Waals surface area contributed by atoms with Gasteiger partial charge in [-0.05, 0) is 6.42 Å². The molecule has 2 heterocycles. The van der Waals surface area contributed by atoms with Crippen LogP contribution < -0.4 is 10.6 Å². The van der Waals surface area contributed by atoms with Crippen LogP contribution in [0.5, 0.6) is 0 Å². The van der Waals surface area contributed by atoms with Crippen LogP contribution >= 0.6 is 0 Å². The highest BCUT2D eigenvalue weighted by Gasteiger charge is 2.29. The molecule has 2 unspecified atom stereocenters. The van der Waals surface area contributed by atoms with Crippen molar-refractivity contribution in [2.75, 3.05) is 13.2 Å². The lowest BCUT2D eigenvalue weighted by Gasteiger charge is -2.10. The fraction of sp³-hybridized carbons (Fsp3) is 0.833. The minimum Gasteiger partial charge on any atom is -0.448 e. The van der Waals surface area contributed by atoms with E-state index in [-0.39, 0.29) is 6.09 Å². The maximum Gasteiger partial charge on any atom is 0.407 e. The first-order valence-corrected chi connectivity index (χ1v) is 3.51. The SMILES string of the molecule is O=C1NC2CNC(CO1)C2. The lowest BCUT2D eigenvalue weighted by atomic mass is 10.2. The molecule has 2 aliphatic heterocycles. The van der Waals surface area contributed by atoms with Crippen molar-refractivity contribution < 1.29 is 9.53 Å². The second kappa shape index (κ2) is 2.12. The molecule has 2 aliphatic rings. The van der Waals surface area contributed by atoms with E-state index in [2.05, 4.69) is 10.6 Å². The van der Waals surface area contributed by atoms with Gasteiger partial charge < -0.3 is 15.4 Å². The number of alkyl carbamates (subject to hydrolysis) is 1. The third kappa shape index (κ3) is 0.945. The predicted octanol–water partition coefficient (Wildman–Crippen LogP) is -0.543. The van der Waals surface area contributed by atoms with Crippen LogP contribution in [-0.2, 0) is 4.74 Å². The Morgan fingerprint density at radius 1 is 1.50 bits per heavy atom. The molecule has 0 aromatic rings. The molecule has 2 saturated heterocycles. The number of hydrogen-bond acceptors (Lipinski definition) is 3. The average Bonchev–Trinajstić information content (AvgIpc) is 2.22. The van der Waals surface area contributed by atoms with E-state index < -0.39 is 0 Å². The summed E-state index contributed by atoms with van der Waals surface area (Å²) in [4.78, 5) is 10.7. The van der Waals surface area contributed by atoms with Crippen molar-refractivity contribution in [1.29, 1.82) is 0 Å². The lowest BCUT2D eigenvalue weighted by molar-refractivity contribution is 0.140. The molecule has 2 bridgehead atoms. The summed E-state index contributed by atoms with van der Waals surface area (Å²) >= 11 is 0. The zero-order valence-corrected chi connectivity index (χ0v) is 5.59. The Balaban J connectivity index is 2.05. The van der Waals surface area contributed by atoms with Gasteiger partial charge in [0, 0.05) is 18.6 Å². The van der Waals surface area contributed by atoms with Gasteiger partial charge in [-0.15, -0.1) is 0 Å². The molecule has 4 nitrogen and oxygen atoms in total. The molecule has 1 amide bonds. The van der Waals surface area contributed by atoms with Crippen molar-refractivity contribution >= 4 is 6.09 Å². The highest BCUT2D eigenvalue weighted by atomic mass is 16.5. The highest BCUT2D eigenvalue weighted by Crippen LogP contribution is 2.10. The normalized spacial score (nSPS) is 38.2. The van der Waals surface area contributed by atoms with Gasteiger partial charge in [-0.25, -0.2) is 4.79 Å². The number of amides is 1. The molecular formula is C6H10N2O2. The summed E-state index contributed by atoms with van der Waals surface area (Å²) < 4.78 is 4.82. The monoisotopic (exact) mass is 142 g/mol. The van der Waals surface area contributed by atoms with E-state index in [1.54, 1.807) is 0 Å². The van der Waals surface area contributed by atoms with E-state index in [4.69, 9.17) is 4.74 Å². The smallest absolute Gasteiger partial charge is 0.407 e. The molecule has 0 aromatic carbocycles. The minimum absolute atomic E-state index is 0.269. The Morgan fingerprint density at radius 2 is 2.40 bits per heavy atom. The van der Waals surface area contributed by atoms with Gasteiger partial charge in [0.25, 0.3) is 0 Å². The molecule has 2 fully saturated rings. The third-order valence-electron chi connectivity index (χ3n) is 1.96. The van der Waals surface area contributed by atoms with E-state index in [0.29, 0.717) is 18.7 Å². The molecule has 10 heavy (non-hydrogen) atoms. The molecule has 0 aromatic heterocycles. The number of fused-ring (bicyclic) bond motifs is 2. The molecule has 0 spiro atoms. The molecule has 2 rings (SSSR count). The van der Waals surface area contributed by atoms with Crippen LogP contribution in [-0.4, -0.2) is 31.3 Å². The van der Waals surface area contributed by atoms with Gasteiger partial charge in [0.1, 0.15) is 6.61 Å². The zero-order chi connectivity index (χ0) is 6.97. The van der Waals surface area contributed by atoms with E-state index in [1.807, 2.05) is 0 Å². The Bertz CT molecular complexity index is 160. The first kappa shape index (κ1) is 5.97. The second-order valence-electron chi connectivity index (χ2n) is 2.78. The average molecular weight is 142 g/mol. The number of cyclic esters (lactones) is 1. The number of nitrogens with one attached hydrogen (secondary N) is 2. The molecule has 0 saturated carbocycles. The molecule has 4 heteroatoms. The van der Waals surface area contributed by atoms with Crippen molar-refractivity contribution in [2.24, 2.45) is 0 Å². The Kier molecular flexibility index (Phi) is 1.27. The standard InChI is InChI=1S/C6H10N2O2/c9-6-8-4-1-5(3-10-6)7-2-4/h4-5,7H,1-3H2,(H,8,9). The van der Waals surface area contributed by atoms with Crippen LogP contribution in [0.15, 0.2) is 0 Å². The summed E-state index contributed by atoms with van der Waals surface area (Å²) in [5.74, 6) is 0. The number of carbonyl (C=O) groups is 1. The Morgan fingerprint density at radius 3 is 3.30 bits per heavy atom. The van der Waals surface area contributed by atoms with Gasteiger partial charge in [0.15, 0.2) is 0 Å². The van der Waals surface area contributed by atoms with Crippen LogP contribution in [0.25, 0.3) is 0 Å². The van der Waals surface area contributed by atoms with Crippen LogP contribution in [0.2, 0.25) is 0 Å². The van der Waals surface area contributed by atoms with Crippen LogP contribution in [0.4, 0.5) is 4.79 Å². The van der Waals surface area contributed by atoms with E-state index in [0.717, 1.165) is 13.0 Å². The number of ether oxygens (including phenoxy) is 1. The summed E-state index contributed by atoms with van der Waals surface area (Å²) in [7, 11) is 0. The number of rotatable bonds is 0. The van der Waals surface area contributed by atoms with Gasteiger partial charge in [-0.3, -0.25) is 0 Å². The van der Waals surface area contributed by atoms with Crippen LogP contribution in [0.3, 0.4) is 0 Å². The first-order valence-electron chi connectivity index (χ1n) is 3.51. The van der Waals surface area contributed by atoms with Crippen molar-refractivity contribution in [1.82, 2.24) is 10.6 Å². The Hall–Kier alpha value is -0.770. The fourth-order valence-corrected chi connectivity index (χ4v) is 1.44. The topological polar surface area (TPSA) is 50.4 Å². The van der Waals surface area contributed by atoms with Gasteiger partial charge in [0.05, 0.1) is 0 Å². The molecule has 2 atom stereocenters. The Labute approximate surface area is 58.9 Å². The van der Waals surface area contributed by atoms with Crippen LogP contribution in [0, 0.1) is 0 Å². The van der Waals surface area contributed by atoms with Crippen molar-refractivity contribution in [3.05, 3.63) is 0 Å². The molecule has 56 valence electrons. The maximum atomic E-state index is 10.7. The van der Waals surface area contributed by atoms with E-state index >= 15 is 0 Å². The van der Waals surface area contributed by atoms with Gasteiger partial charge in [-0.1, -0.05) is 0 Å². The van der Waals surface area contributed by atoms with Crippen molar-refractivity contribution in [3.63, 3.8) is 0 Å². The lowest BCUT2D eigenvalue weighted by Crippen LogP contribution is -2.38. The van der Waals surface area contributed by atoms with Gasteiger partial charge in [-0.2, -0.15) is 0 Å². The highest BCUT2D eigenvalue weighted by molar-refractivity contribution is 5.68. The third-order valence-corrected chi connectivity index (χ3v) is 1.96. The van der Waals surface area contributed by atoms with E-state index in [9.17, 15) is 4.79 Å². The van der Waals surface area contributed by atoms with Gasteiger partial charge >= 0.3 is 6.09 Å². The second-order valence-corrected chi connectivity index (χ2v) is 2.78. The van der Waals surface area contributed by atoms with Gasteiger partial charge in [0.2, 0.25) is 0 Å². The molecule has 2 N–H and O–H groups in total. The fourth-order valence-electron chi connectivity index (χ4n) is 1.44. The molecular weight excluding hydrogens is 132 g/mol. The minimum atomic E-state index is -0.269. The maximum absolute atomic E-state index is 10.7. The molecule has 0 aliphatic carbocycles. The first-order chi connectivity index (χ1) is 4.84. The largest absolute Gasteiger partial charge is 0.448 e. The van der Waals surface area contributed by atoms with Crippen molar-refractivity contribution in [3.8, 4) is 0 Å². The van der Waals surface area contributed by atoms with Crippen molar-refractivity contribution in [2.45, 2.75) is 18.5 Å². The number of hydrogen-bond donors (Lipinski definition) is 2. The summed E-state index contributed by atoms with van der Waals surface area (Å²) in [6.45, 7) is 1.40.